The van der Waals surface area contributed by atoms with Gasteiger partial charge in [0.25, 0.3) is 0 Å². The molecule has 0 heterocycles. The molecule has 0 saturated heterocycles. The Morgan fingerprint density at radius 1 is 0.463 bits per heavy atom. The monoisotopic (exact) mass is 1230 g/mol. The molecule has 208 valence electrons. The minimum absolute atomic E-state index is 0.248. The van der Waals surface area contributed by atoms with Crippen LogP contribution in [0.3, 0.4) is 0 Å². The normalized spacial score (nSPS) is 11.1. The van der Waals surface area contributed by atoms with Crippen LogP contribution in [0.5, 0.6) is 11.5 Å². The van der Waals surface area contributed by atoms with Gasteiger partial charge >= 0.3 is 0 Å². The average Bonchev–Trinajstić information content (AvgIpc) is 2.97. The maximum atomic E-state index is 6.20. The summed E-state index contributed by atoms with van der Waals surface area (Å²) in [6.07, 6.45) is 0. The van der Waals surface area contributed by atoms with Crippen LogP contribution in [0.15, 0.2) is 118 Å². The number of hydrogen-bond donors (Lipinski definition) is 0. The van der Waals surface area contributed by atoms with Crippen molar-refractivity contribution in [2.45, 2.75) is 27.9 Å². The summed E-state index contributed by atoms with van der Waals surface area (Å²) in [4.78, 5) is 3.78. The van der Waals surface area contributed by atoms with Crippen LogP contribution in [0.4, 0.5) is 0 Å². The van der Waals surface area contributed by atoms with E-state index in [2.05, 4.69) is 239 Å². The maximum Gasteiger partial charge on any atom is 0.166 e. The van der Waals surface area contributed by atoms with Gasteiger partial charge in [-0.15, -0.1) is 0 Å². The van der Waals surface area contributed by atoms with Gasteiger partial charge in [0.1, 0.15) is 24.7 Å². The Labute approximate surface area is 325 Å². The number of halogens is 6. The van der Waals surface area contributed by atoms with Crippen molar-refractivity contribution in [3.63, 3.8) is 0 Å². The number of hydrogen-bond acceptors (Lipinski definition) is 2. The molecular weight excluding hydrogens is 1210 g/mol. The first-order chi connectivity index (χ1) is 19.8. The third-order valence-electron chi connectivity index (χ3n) is 6.02. The summed E-state index contributed by atoms with van der Waals surface area (Å²) in [6.45, 7) is 1.10. The van der Waals surface area contributed by atoms with E-state index in [1.807, 2.05) is 0 Å². The third kappa shape index (κ3) is 8.79. The molecule has 0 saturated carbocycles. The summed E-state index contributed by atoms with van der Waals surface area (Å²) in [6, 6.07) is 36.6. The van der Waals surface area contributed by atoms with Crippen molar-refractivity contribution in [2.75, 3.05) is 0 Å². The van der Waals surface area contributed by atoms with Crippen LogP contribution in [0.2, 0.25) is 0 Å². The van der Waals surface area contributed by atoms with Crippen molar-refractivity contribution >= 4 is 146 Å². The van der Waals surface area contributed by atoms with Crippen molar-refractivity contribution in [3.8, 4) is 11.5 Å². The van der Waals surface area contributed by atoms with E-state index in [1.165, 1.54) is 47.2 Å². The predicted octanol–water partition coefficient (Wildman–Crippen LogP) is 11.6. The molecule has 0 aliphatic heterocycles. The molecule has 0 N–H and O–H groups in total. The average molecular weight is 1230 g/mol. The summed E-state index contributed by atoms with van der Waals surface area (Å²) in [5.41, 5.74) is 2.42. The second-order valence-electron chi connectivity index (χ2n) is 8.86. The zero-order chi connectivity index (χ0) is 28.9. The Hall–Kier alpha value is 0.430. The van der Waals surface area contributed by atoms with E-state index in [0.29, 0.717) is 13.2 Å². The Morgan fingerprint density at radius 2 is 0.854 bits per heavy atom. The topological polar surface area (TPSA) is 18.5 Å². The van der Waals surface area contributed by atoms with E-state index in [1.54, 1.807) is 0 Å². The van der Waals surface area contributed by atoms with Gasteiger partial charge in [0.05, 0.1) is 10.9 Å². The molecular formula is C32H21I6O2S+. The van der Waals surface area contributed by atoms with Crippen LogP contribution in [-0.2, 0) is 24.1 Å². The lowest BCUT2D eigenvalue weighted by atomic mass is 10.2. The fraction of sp³-hybridized carbons (Fsp3) is 0.0625. The highest BCUT2D eigenvalue weighted by atomic mass is 127. The molecule has 5 aromatic rings. The number of rotatable bonds is 9. The molecule has 0 atom stereocenters. The molecule has 0 aromatic heterocycles. The van der Waals surface area contributed by atoms with Crippen molar-refractivity contribution in [1.29, 1.82) is 0 Å². The second-order valence-corrected chi connectivity index (χ2v) is 17.9. The van der Waals surface area contributed by atoms with E-state index in [9.17, 15) is 0 Å². The van der Waals surface area contributed by atoms with E-state index in [4.69, 9.17) is 9.47 Å². The summed E-state index contributed by atoms with van der Waals surface area (Å²) in [5, 5.41) is 0. The molecule has 0 bridgehead atoms. The zero-order valence-electron chi connectivity index (χ0n) is 21.2. The first-order valence-electron chi connectivity index (χ1n) is 12.3. The Bertz CT molecular complexity index is 1540. The molecule has 5 aromatic carbocycles. The minimum atomic E-state index is -0.248. The zero-order valence-corrected chi connectivity index (χ0v) is 35.0. The van der Waals surface area contributed by atoms with Crippen molar-refractivity contribution < 1.29 is 9.47 Å². The standard InChI is InChI=1S/C32H21I6O2S/c33-22-14-20(31(37)29(35)16-22)18-39-24-6-10-27(11-7-24)41(26-4-2-1-3-5-26)28-12-8-25(9-13-28)40-19-21-15-23(34)17-30(36)32(21)38/h1-17H,18-19H2/q+1. The van der Waals surface area contributed by atoms with Gasteiger partial charge in [0.15, 0.2) is 14.7 Å². The quantitative estimate of drug-likeness (QED) is 0.0832. The number of benzene rings is 5. The fourth-order valence-corrected chi connectivity index (χ4v) is 11.0. The highest BCUT2D eigenvalue weighted by Crippen LogP contribution is 2.34. The lowest BCUT2D eigenvalue weighted by Crippen LogP contribution is -2.05. The molecule has 9 heteroatoms. The molecule has 0 aliphatic carbocycles. The van der Waals surface area contributed by atoms with E-state index >= 15 is 0 Å². The van der Waals surface area contributed by atoms with E-state index in [0.717, 1.165) is 11.5 Å². The molecule has 2 nitrogen and oxygen atoms in total. The molecule has 0 fully saturated rings. The van der Waals surface area contributed by atoms with Crippen molar-refractivity contribution in [3.05, 3.63) is 136 Å². The van der Waals surface area contributed by atoms with Gasteiger partial charge < -0.3 is 9.47 Å². The van der Waals surface area contributed by atoms with Crippen molar-refractivity contribution in [1.82, 2.24) is 0 Å². The first-order valence-corrected chi connectivity index (χ1v) is 20.0. The summed E-state index contributed by atoms with van der Waals surface area (Å²) in [5.74, 6) is 1.75. The Balaban J connectivity index is 1.34. The molecule has 0 radical (unpaired) electrons. The van der Waals surface area contributed by atoms with Gasteiger partial charge in [-0.05, 0) is 220 Å². The SMILES string of the molecule is Ic1cc(I)c(I)c(COc2ccc([S+](c3ccccc3)c3ccc(OCc4cc(I)cc(I)c4I)cc3)cc2)c1. The Kier molecular flexibility index (Phi) is 12.5. The van der Waals surface area contributed by atoms with E-state index in [-0.39, 0.29) is 10.9 Å². The summed E-state index contributed by atoms with van der Waals surface area (Å²) >= 11 is 14.3. The highest BCUT2D eigenvalue weighted by Gasteiger charge is 2.28. The fourth-order valence-electron chi connectivity index (χ4n) is 4.06. The largest absolute Gasteiger partial charge is 0.489 e. The van der Waals surface area contributed by atoms with Gasteiger partial charge in [0, 0.05) is 32.5 Å². The smallest absolute Gasteiger partial charge is 0.166 e. The molecule has 0 unspecified atom stereocenters. The summed E-state index contributed by atoms with van der Waals surface area (Å²) < 4.78 is 19.9. The second kappa shape index (κ2) is 15.6. The lowest BCUT2D eigenvalue weighted by Gasteiger charge is -2.12. The van der Waals surface area contributed by atoms with Crippen LogP contribution < -0.4 is 9.47 Å². The molecule has 0 amide bonds. The molecule has 0 spiro atoms. The highest BCUT2D eigenvalue weighted by molar-refractivity contribution is 14.1. The van der Waals surface area contributed by atoms with Crippen LogP contribution >= 0.6 is 136 Å². The Morgan fingerprint density at radius 3 is 1.27 bits per heavy atom. The minimum Gasteiger partial charge on any atom is -0.489 e. The van der Waals surface area contributed by atoms with Crippen molar-refractivity contribution in [2.24, 2.45) is 0 Å². The molecule has 41 heavy (non-hydrogen) atoms. The first kappa shape index (κ1) is 32.8. The van der Waals surface area contributed by atoms with Crippen LogP contribution in [-0.4, -0.2) is 0 Å². The van der Waals surface area contributed by atoms with Crippen LogP contribution in [0, 0.1) is 21.4 Å². The van der Waals surface area contributed by atoms with E-state index < -0.39 is 0 Å². The maximum absolute atomic E-state index is 6.20. The molecule has 5 rings (SSSR count). The van der Waals surface area contributed by atoms with Gasteiger partial charge in [0.2, 0.25) is 0 Å². The molecule has 0 aliphatic rings. The van der Waals surface area contributed by atoms with Gasteiger partial charge in [-0.3, -0.25) is 0 Å². The summed E-state index contributed by atoms with van der Waals surface area (Å²) in [7, 11) is -0.248. The third-order valence-corrected chi connectivity index (χ3v) is 15.8. The van der Waals surface area contributed by atoms with Crippen LogP contribution in [0.25, 0.3) is 0 Å². The van der Waals surface area contributed by atoms with Gasteiger partial charge in [-0.25, -0.2) is 0 Å². The predicted molar refractivity (Wildman–Crippen MR) is 219 cm³/mol. The number of ether oxygens (including phenoxy) is 2. The lowest BCUT2D eigenvalue weighted by molar-refractivity contribution is 0.305. The van der Waals surface area contributed by atoms with Gasteiger partial charge in [-0.2, -0.15) is 0 Å². The van der Waals surface area contributed by atoms with Gasteiger partial charge in [-0.1, -0.05) is 18.2 Å². The van der Waals surface area contributed by atoms with Crippen LogP contribution in [0.1, 0.15) is 11.1 Å².